The van der Waals surface area contributed by atoms with Crippen molar-refractivity contribution in [3.05, 3.63) is 93.0 Å². The van der Waals surface area contributed by atoms with Gasteiger partial charge in [0.05, 0.1) is 12.7 Å². The molecule has 1 aliphatic heterocycles. The summed E-state index contributed by atoms with van der Waals surface area (Å²) in [4.78, 5) is 24.7. The Labute approximate surface area is 215 Å². The quantitative estimate of drug-likeness (QED) is 0.348. The van der Waals surface area contributed by atoms with Crippen molar-refractivity contribution in [1.82, 2.24) is 0 Å². The van der Waals surface area contributed by atoms with Gasteiger partial charge in [-0.05, 0) is 62.1 Å². The number of carbonyl (C=O) groups is 2. The fourth-order valence-corrected chi connectivity index (χ4v) is 5.16. The topological polar surface area (TPSA) is 116 Å². The fourth-order valence-electron chi connectivity index (χ4n) is 4.19. The molecule has 0 spiro atoms. The van der Waals surface area contributed by atoms with E-state index < -0.39 is 22.1 Å². The molecule has 0 saturated heterocycles. The van der Waals surface area contributed by atoms with Crippen molar-refractivity contribution in [3.8, 4) is 11.5 Å². The summed E-state index contributed by atoms with van der Waals surface area (Å²) in [7, 11) is -3.04. The van der Waals surface area contributed by atoms with Crippen molar-refractivity contribution in [2.75, 3.05) is 7.11 Å². The number of carbonyl (C=O) groups excluding carboxylic acids is 2. The van der Waals surface area contributed by atoms with E-state index in [0.29, 0.717) is 22.3 Å². The fraction of sp³-hybridized carbons (Fsp3) is 0.214. The van der Waals surface area contributed by atoms with Crippen molar-refractivity contribution >= 4 is 28.1 Å². The summed E-state index contributed by atoms with van der Waals surface area (Å²) >= 11 is 0. The summed E-state index contributed by atoms with van der Waals surface area (Å²) in [6.45, 7) is 5.18. The minimum absolute atomic E-state index is 0.000924. The van der Waals surface area contributed by atoms with Gasteiger partial charge in [0.1, 0.15) is 22.8 Å². The van der Waals surface area contributed by atoms with Gasteiger partial charge in [-0.3, -0.25) is 0 Å². The Morgan fingerprint density at radius 3 is 2.49 bits per heavy atom. The van der Waals surface area contributed by atoms with Gasteiger partial charge >= 0.3 is 22.1 Å². The Morgan fingerprint density at radius 2 is 1.81 bits per heavy atom. The second-order valence-electron chi connectivity index (χ2n) is 8.70. The van der Waals surface area contributed by atoms with Gasteiger partial charge < -0.3 is 18.8 Å². The molecule has 0 saturated carbocycles. The van der Waals surface area contributed by atoms with E-state index in [1.54, 1.807) is 43.3 Å². The predicted octanol–water partition coefficient (Wildman–Crippen LogP) is 4.80. The Morgan fingerprint density at radius 1 is 1.11 bits per heavy atom. The van der Waals surface area contributed by atoms with Crippen molar-refractivity contribution < 1.29 is 36.8 Å². The number of phenolic OH excluding ortho intramolecular Hbond substituents is 1. The Kier molecular flexibility index (Phi) is 7.09. The van der Waals surface area contributed by atoms with E-state index in [2.05, 4.69) is 0 Å². The molecular weight excluding hydrogens is 496 g/mol. The van der Waals surface area contributed by atoms with Crippen LogP contribution in [0.25, 0.3) is 6.08 Å². The van der Waals surface area contributed by atoms with Crippen LogP contribution in [0.1, 0.15) is 54.1 Å². The van der Waals surface area contributed by atoms with Crippen LogP contribution in [0.5, 0.6) is 11.5 Å². The highest BCUT2D eigenvalue weighted by atomic mass is 32.2. The lowest BCUT2D eigenvalue weighted by Gasteiger charge is -2.17. The van der Waals surface area contributed by atoms with E-state index in [-0.39, 0.29) is 40.5 Å². The Balaban J connectivity index is 1.81. The first-order valence-corrected chi connectivity index (χ1v) is 12.9. The molecule has 9 heteroatoms. The molecule has 8 nitrogen and oxygen atoms in total. The van der Waals surface area contributed by atoms with Gasteiger partial charge in [-0.2, -0.15) is 8.42 Å². The molecular formula is C28H26O8S. The number of fused-ring (bicyclic) bond motifs is 1. The highest BCUT2D eigenvalue weighted by Crippen LogP contribution is 2.43. The molecule has 0 amide bonds. The average molecular weight is 523 g/mol. The van der Waals surface area contributed by atoms with Gasteiger partial charge in [-0.1, -0.05) is 42.0 Å². The summed E-state index contributed by atoms with van der Waals surface area (Å²) in [5.41, 5.74) is 3.50. The van der Waals surface area contributed by atoms with Crippen LogP contribution in [0.15, 0.2) is 53.4 Å². The average Bonchev–Trinajstić information content (AvgIpc) is 3.26. The molecule has 37 heavy (non-hydrogen) atoms. The van der Waals surface area contributed by atoms with Crippen LogP contribution in [-0.2, 0) is 32.6 Å². The molecule has 0 radical (unpaired) electrons. The van der Waals surface area contributed by atoms with E-state index >= 15 is 0 Å². The lowest BCUT2D eigenvalue weighted by atomic mass is 9.95. The molecule has 0 fully saturated rings. The van der Waals surface area contributed by atoms with E-state index in [0.717, 1.165) is 11.1 Å². The first kappa shape index (κ1) is 26.0. The minimum atomic E-state index is -4.34. The zero-order valence-electron chi connectivity index (χ0n) is 20.8. The van der Waals surface area contributed by atoms with Gasteiger partial charge in [-0.15, -0.1) is 0 Å². The van der Waals surface area contributed by atoms with Gasteiger partial charge in [0.2, 0.25) is 0 Å². The minimum Gasteiger partial charge on any atom is -0.507 e. The smallest absolute Gasteiger partial charge is 0.342 e. The summed E-state index contributed by atoms with van der Waals surface area (Å²) < 4.78 is 41.8. The summed E-state index contributed by atoms with van der Waals surface area (Å²) in [6, 6.07) is 11.3. The third-order valence-electron chi connectivity index (χ3n) is 6.29. The van der Waals surface area contributed by atoms with Crippen LogP contribution in [0.3, 0.4) is 0 Å². The number of aromatic hydroxyl groups is 1. The largest absolute Gasteiger partial charge is 0.507 e. The zero-order valence-corrected chi connectivity index (χ0v) is 21.6. The SMILES string of the molecule is COC(=O)c1cccc(C)c1C=CCc1c(O)c(C)c2c(c1OS(=O)(=O)c1ccc(C)cc1)C(=O)OC2. The lowest BCUT2D eigenvalue weighted by molar-refractivity contribution is 0.0532. The van der Waals surface area contributed by atoms with E-state index in [4.69, 9.17) is 13.7 Å². The molecule has 4 rings (SSSR count). The van der Waals surface area contributed by atoms with Gasteiger partial charge in [0, 0.05) is 11.1 Å². The van der Waals surface area contributed by atoms with Crippen LogP contribution in [-0.4, -0.2) is 32.6 Å². The molecule has 1 N–H and O–H groups in total. The summed E-state index contributed by atoms with van der Waals surface area (Å²) in [5, 5.41) is 11.0. The molecule has 0 aromatic heterocycles. The normalized spacial score (nSPS) is 12.9. The van der Waals surface area contributed by atoms with E-state index in [1.165, 1.54) is 19.2 Å². The number of phenols is 1. The molecule has 0 aliphatic carbocycles. The molecule has 1 heterocycles. The van der Waals surface area contributed by atoms with Crippen LogP contribution in [0.4, 0.5) is 0 Å². The van der Waals surface area contributed by atoms with Crippen LogP contribution < -0.4 is 4.18 Å². The molecule has 0 bridgehead atoms. The number of allylic oxidation sites excluding steroid dienone is 1. The standard InChI is InChI=1S/C28H26O8S/c1-16-11-13-19(14-12-16)37(32,33)36-26-22(25(29)18(3)23-15-35-28(31)24(23)26)10-6-8-20-17(2)7-5-9-21(20)27(30)34-4/h5-9,11-14,29H,10,15H2,1-4H3. The predicted molar refractivity (Wildman–Crippen MR) is 136 cm³/mol. The summed E-state index contributed by atoms with van der Waals surface area (Å²) in [5.74, 6) is -1.71. The number of hydrogen-bond acceptors (Lipinski definition) is 8. The van der Waals surface area contributed by atoms with Crippen LogP contribution >= 0.6 is 0 Å². The number of methoxy groups -OCH3 is 1. The highest BCUT2D eigenvalue weighted by Gasteiger charge is 2.35. The third-order valence-corrected chi connectivity index (χ3v) is 7.52. The van der Waals surface area contributed by atoms with Crippen molar-refractivity contribution in [2.45, 2.75) is 38.7 Å². The number of rotatable bonds is 7. The lowest BCUT2D eigenvalue weighted by Crippen LogP contribution is -2.14. The number of benzene rings is 3. The monoisotopic (exact) mass is 522 g/mol. The highest BCUT2D eigenvalue weighted by molar-refractivity contribution is 7.87. The maximum atomic E-state index is 13.1. The molecule has 0 atom stereocenters. The molecule has 0 unspecified atom stereocenters. The van der Waals surface area contributed by atoms with Gasteiger partial charge in [-0.25, -0.2) is 9.59 Å². The second-order valence-corrected chi connectivity index (χ2v) is 10.2. The van der Waals surface area contributed by atoms with E-state index in [1.807, 2.05) is 19.9 Å². The first-order valence-electron chi connectivity index (χ1n) is 11.4. The van der Waals surface area contributed by atoms with Gasteiger partial charge in [0.15, 0.2) is 5.75 Å². The molecule has 192 valence electrons. The number of esters is 2. The van der Waals surface area contributed by atoms with Gasteiger partial charge in [0.25, 0.3) is 0 Å². The van der Waals surface area contributed by atoms with Crippen LogP contribution in [0.2, 0.25) is 0 Å². The van der Waals surface area contributed by atoms with Crippen LogP contribution in [0, 0.1) is 20.8 Å². The molecule has 1 aliphatic rings. The zero-order chi connectivity index (χ0) is 26.9. The first-order chi connectivity index (χ1) is 17.5. The maximum Gasteiger partial charge on any atom is 0.342 e. The Hall–Kier alpha value is -4.11. The number of ether oxygens (including phenoxy) is 2. The number of aryl methyl sites for hydroxylation is 2. The maximum absolute atomic E-state index is 13.1. The third kappa shape index (κ3) is 4.95. The van der Waals surface area contributed by atoms with E-state index in [9.17, 15) is 23.1 Å². The summed E-state index contributed by atoms with van der Waals surface area (Å²) in [6.07, 6.45) is 3.34. The van der Waals surface area contributed by atoms with Crippen molar-refractivity contribution in [1.29, 1.82) is 0 Å². The van der Waals surface area contributed by atoms with Crippen molar-refractivity contribution in [2.24, 2.45) is 0 Å². The Bertz CT molecular complexity index is 1530. The van der Waals surface area contributed by atoms with Crippen molar-refractivity contribution in [3.63, 3.8) is 0 Å². The molecule has 3 aromatic rings. The second kappa shape index (κ2) is 10.1. The molecule has 3 aromatic carbocycles. The number of hydrogen-bond donors (Lipinski definition) is 1. The number of cyclic esters (lactones) is 1.